The minimum Gasteiger partial charge on any atom is -0.494 e. The standard InChI is InChI=1S/C15H14N4O3S/c1-2-7-19-14(22)11(13(21)18-15(19)23)8-17-10-5-3-9(4-6-10)12(16)20/h2-6,8,22H,1,7H2,(H2,16,20)(H,18,21,23). The molecule has 0 bridgehead atoms. The van der Waals surface area contributed by atoms with Crippen LogP contribution in [-0.2, 0) is 6.54 Å². The van der Waals surface area contributed by atoms with Crippen LogP contribution in [0.5, 0.6) is 5.88 Å². The third kappa shape index (κ3) is 3.61. The fraction of sp³-hybridized carbons (Fsp3) is 0.0667. The zero-order valence-electron chi connectivity index (χ0n) is 12.0. The molecule has 118 valence electrons. The van der Waals surface area contributed by atoms with Crippen molar-refractivity contribution in [3.8, 4) is 5.88 Å². The Morgan fingerprint density at radius 1 is 1.43 bits per heavy atom. The normalized spacial score (nSPS) is 10.8. The summed E-state index contributed by atoms with van der Waals surface area (Å²) in [6, 6.07) is 6.18. The lowest BCUT2D eigenvalue weighted by molar-refractivity contribution is 0.100. The van der Waals surface area contributed by atoms with E-state index in [0.717, 1.165) is 0 Å². The molecule has 0 fully saturated rings. The molecule has 8 heteroatoms. The summed E-state index contributed by atoms with van der Waals surface area (Å²) in [6.07, 6.45) is 2.76. The number of aliphatic imine (C=N–C) groups is 1. The van der Waals surface area contributed by atoms with Crippen LogP contribution in [0.15, 0.2) is 46.7 Å². The minimum absolute atomic E-state index is 0.0283. The average molecular weight is 330 g/mol. The number of carbonyl (C=O) groups is 1. The number of amides is 1. The molecule has 0 radical (unpaired) electrons. The highest BCUT2D eigenvalue weighted by Gasteiger charge is 2.10. The highest BCUT2D eigenvalue weighted by atomic mass is 32.1. The number of hydrogen-bond donors (Lipinski definition) is 3. The largest absolute Gasteiger partial charge is 0.494 e. The lowest BCUT2D eigenvalue weighted by Gasteiger charge is -2.08. The van der Waals surface area contributed by atoms with Gasteiger partial charge < -0.3 is 10.8 Å². The van der Waals surface area contributed by atoms with Crippen LogP contribution in [0.2, 0.25) is 0 Å². The van der Waals surface area contributed by atoms with Crippen LogP contribution in [0.3, 0.4) is 0 Å². The van der Waals surface area contributed by atoms with Gasteiger partial charge in [0.2, 0.25) is 11.8 Å². The summed E-state index contributed by atoms with van der Waals surface area (Å²) in [5, 5.41) is 10.2. The van der Waals surface area contributed by atoms with Crippen molar-refractivity contribution in [2.75, 3.05) is 0 Å². The molecule has 0 aliphatic heterocycles. The van der Waals surface area contributed by atoms with Gasteiger partial charge in [-0.25, -0.2) is 0 Å². The van der Waals surface area contributed by atoms with Gasteiger partial charge in [0.05, 0.1) is 5.69 Å². The molecule has 0 saturated carbocycles. The number of nitrogens with zero attached hydrogens (tertiary/aromatic N) is 2. The first-order valence-electron chi connectivity index (χ1n) is 6.55. The van der Waals surface area contributed by atoms with Crippen molar-refractivity contribution < 1.29 is 9.90 Å². The third-order valence-corrected chi connectivity index (χ3v) is 3.34. The second-order valence-corrected chi connectivity index (χ2v) is 4.95. The van der Waals surface area contributed by atoms with E-state index >= 15 is 0 Å². The van der Waals surface area contributed by atoms with Gasteiger partial charge in [0.15, 0.2) is 4.77 Å². The summed E-state index contributed by atoms with van der Waals surface area (Å²) in [6.45, 7) is 3.81. The highest BCUT2D eigenvalue weighted by Crippen LogP contribution is 2.15. The molecule has 1 heterocycles. The van der Waals surface area contributed by atoms with E-state index in [1.54, 1.807) is 12.1 Å². The van der Waals surface area contributed by atoms with Crippen molar-refractivity contribution in [1.82, 2.24) is 9.55 Å². The lowest BCUT2D eigenvalue weighted by Crippen LogP contribution is -2.18. The summed E-state index contributed by atoms with van der Waals surface area (Å²) >= 11 is 4.98. The van der Waals surface area contributed by atoms with Crippen molar-refractivity contribution in [2.24, 2.45) is 10.7 Å². The van der Waals surface area contributed by atoms with Gasteiger partial charge in [0, 0.05) is 18.3 Å². The molecule has 1 aromatic carbocycles. The topological polar surface area (TPSA) is 113 Å². The fourth-order valence-electron chi connectivity index (χ4n) is 1.84. The smallest absolute Gasteiger partial charge is 0.264 e. The Morgan fingerprint density at radius 2 is 2.09 bits per heavy atom. The maximum Gasteiger partial charge on any atom is 0.264 e. The van der Waals surface area contributed by atoms with Crippen LogP contribution in [0.25, 0.3) is 0 Å². The van der Waals surface area contributed by atoms with Gasteiger partial charge in [-0.2, -0.15) is 0 Å². The molecule has 4 N–H and O–H groups in total. The number of benzene rings is 1. The molecule has 1 aromatic heterocycles. The molecule has 0 saturated heterocycles. The van der Waals surface area contributed by atoms with E-state index in [4.69, 9.17) is 18.0 Å². The van der Waals surface area contributed by atoms with Gasteiger partial charge in [0.25, 0.3) is 5.56 Å². The van der Waals surface area contributed by atoms with Crippen molar-refractivity contribution in [1.29, 1.82) is 0 Å². The van der Waals surface area contributed by atoms with Gasteiger partial charge in [-0.1, -0.05) is 6.08 Å². The number of H-pyrrole nitrogens is 1. The maximum absolute atomic E-state index is 11.9. The third-order valence-electron chi connectivity index (χ3n) is 3.01. The Hall–Kier alpha value is -3.00. The Morgan fingerprint density at radius 3 is 2.65 bits per heavy atom. The molecular formula is C15H14N4O3S. The predicted molar refractivity (Wildman–Crippen MR) is 90.0 cm³/mol. The average Bonchev–Trinajstić information content (AvgIpc) is 2.51. The van der Waals surface area contributed by atoms with E-state index < -0.39 is 11.5 Å². The molecule has 23 heavy (non-hydrogen) atoms. The summed E-state index contributed by atoms with van der Waals surface area (Å²) in [7, 11) is 0. The number of carbonyl (C=O) groups excluding carboxylic acids is 1. The Labute approximate surface area is 136 Å². The molecule has 2 rings (SSSR count). The second-order valence-electron chi connectivity index (χ2n) is 4.57. The van der Waals surface area contributed by atoms with Gasteiger partial charge in [-0.05, 0) is 36.5 Å². The molecule has 0 unspecified atom stereocenters. The minimum atomic E-state index is -0.551. The molecule has 1 amide bonds. The van der Waals surface area contributed by atoms with Crippen molar-refractivity contribution in [2.45, 2.75) is 6.54 Å². The molecule has 2 aromatic rings. The van der Waals surface area contributed by atoms with Crippen LogP contribution < -0.4 is 11.3 Å². The van der Waals surface area contributed by atoms with E-state index in [1.807, 2.05) is 0 Å². The van der Waals surface area contributed by atoms with Crippen LogP contribution in [0.4, 0.5) is 5.69 Å². The quantitative estimate of drug-likeness (QED) is 0.439. The van der Waals surface area contributed by atoms with E-state index in [-0.39, 0.29) is 22.8 Å². The van der Waals surface area contributed by atoms with Crippen molar-refractivity contribution in [3.05, 3.63) is 63.2 Å². The molecule has 0 aliphatic carbocycles. The van der Waals surface area contributed by atoms with Crippen molar-refractivity contribution >= 4 is 30.0 Å². The first kappa shape index (κ1) is 16.4. The Balaban J connectivity index is 2.41. The van der Waals surface area contributed by atoms with Crippen LogP contribution in [-0.4, -0.2) is 26.8 Å². The number of hydrogen-bond acceptors (Lipinski definition) is 5. The summed E-state index contributed by atoms with van der Waals surface area (Å²) in [4.78, 5) is 29.5. The van der Waals surface area contributed by atoms with E-state index in [0.29, 0.717) is 11.3 Å². The highest BCUT2D eigenvalue weighted by molar-refractivity contribution is 7.71. The van der Waals surface area contributed by atoms with E-state index in [1.165, 1.54) is 29.0 Å². The number of rotatable bonds is 5. The first-order valence-corrected chi connectivity index (χ1v) is 6.95. The number of aromatic nitrogens is 2. The zero-order valence-corrected chi connectivity index (χ0v) is 12.8. The number of nitrogens with two attached hydrogens (primary N) is 1. The number of primary amides is 1. The van der Waals surface area contributed by atoms with E-state index in [2.05, 4.69) is 16.6 Å². The van der Waals surface area contributed by atoms with Crippen LogP contribution in [0, 0.1) is 4.77 Å². The SMILES string of the molecule is C=CCn1c(O)c(C=Nc2ccc(C(N)=O)cc2)c(=O)[nH]c1=S. The predicted octanol–water partition coefficient (Wildman–Crippen LogP) is 1.65. The molecular weight excluding hydrogens is 316 g/mol. The Kier molecular flexibility index (Phi) is 4.87. The van der Waals surface area contributed by atoms with Gasteiger partial charge >= 0.3 is 0 Å². The van der Waals surface area contributed by atoms with Gasteiger partial charge in [-0.3, -0.25) is 24.1 Å². The number of aromatic hydroxyl groups is 1. The number of nitrogens with one attached hydrogen (secondary N) is 1. The maximum atomic E-state index is 11.9. The van der Waals surface area contributed by atoms with E-state index in [9.17, 15) is 14.7 Å². The van der Waals surface area contributed by atoms with Crippen molar-refractivity contribution in [3.63, 3.8) is 0 Å². The van der Waals surface area contributed by atoms with Gasteiger partial charge in [0.1, 0.15) is 5.56 Å². The monoisotopic (exact) mass is 330 g/mol. The molecule has 7 nitrogen and oxygen atoms in total. The summed E-state index contributed by atoms with van der Waals surface area (Å²) in [5.74, 6) is -0.836. The molecule has 0 spiro atoms. The lowest BCUT2D eigenvalue weighted by atomic mass is 10.2. The van der Waals surface area contributed by atoms with Crippen LogP contribution in [0.1, 0.15) is 15.9 Å². The molecule has 0 atom stereocenters. The summed E-state index contributed by atoms with van der Waals surface area (Å²) in [5.41, 5.74) is 5.42. The number of allylic oxidation sites excluding steroid dienone is 1. The molecule has 0 aliphatic rings. The zero-order chi connectivity index (χ0) is 17.0. The van der Waals surface area contributed by atoms with Gasteiger partial charge in [-0.15, -0.1) is 6.58 Å². The fourth-order valence-corrected chi connectivity index (χ4v) is 2.09. The Bertz CT molecular complexity index is 894. The second kappa shape index (κ2) is 6.84. The first-order chi connectivity index (χ1) is 10.9. The van der Waals surface area contributed by atoms with Crippen LogP contribution >= 0.6 is 12.2 Å². The summed E-state index contributed by atoms with van der Waals surface area (Å²) < 4.78 is 1.41. The number of aromatic amines is 1.